The van der Waals surface area contributed by atoms with Gasteiger partial charge in [-0.15, -0.1) is 0 Å². The van der Waals surface area contributed by atoms with Crippen molar-refractivity contribution >= 4 is 23.4 Å². The van der Waals surface area contributed by atoms with E-state index in [1.807, 2.05) is 0 Å². The molecule has 0 aliphatic heterocycles. The fraction of sp³-hybridized carbons (Fsp3) is 0.417. The van der Waals surface area contributed by atoms with Gasteiger partial charge in [0.15, 0.2) is 0 Å². The molecule has 0 radical (unpaired) electrons. The number of hydrogen-bond acceptors (Lipinski definition) is 3. The summed E-state index contributed by atoms with van der Waals surface area (Å²) in [5.41, 5.74) is 0.665. The smallest absolute Gasteiger partial charge is 0.303 e. The molecule has 100 valence electrons. The van der Waals surface area contributed by atoms with Crippen LogP contribution in [0.5, 0.6) is 0 Å². The number of unbranched alkanes of at least 4 members (excludes halogenated alkanes) is 1. The van der Waals surface area contributed by atoms with E-state index in [1.165, 1.54) is 0 Å². The van der Waals surface area contributed by atoms with Crippen molar-refractivity contribution in [2.75, 3.05) is 11.9 Å². The zero-order chi connectivity index (χ0) is 13.4. The van der Waals surface area contributed by atoms with Gasteiger partial charge < -0.3 is 10.4 Å². The number of halogens is 2. The summed E-state index contributed by atoms with van der Waals surface area (Å²) in [4.78, 5) is 10.8. The second kappa shape index (κ2) is 7.92. The van der Waals surface area contributed by atoms with E-state index in [0.29, 0.717) is 41.7 Å². The molecule has 0 saturated heterocycles. The summed E-state index contributed by atoms with van der Waals surface area (Å²) in [5, 5.41) is 11.5. The maximum absolute atomic E-state index is 12.3. The lowest BCUT2D eigenvalue weighted by Crippen LogP contribution is -2.04. The molecule has 1 aromatic rings. The van der Waals surface area contributed by atoms with Crippen molar-refractivity contribution in [1.29, 1.82) is 0 Å². The Hall–Kier alpha value is -1.30. The number of benzene rings is 1. The van der Waals surface area contributed by atoms with Gasteiger partial charge >= 0.3 is 5.97 Å². The van der Waals surface area contributed by atoms with Gasteiger partial charge in [-0.1, -0.05) is 23.9 Å². The zero-order valence-corrected chi connectivity index (χ0v) is 10.6. The predicted molar refractivity (Wildman–Crippen MR) is 68.3 cm³/mol. The van der Waals surface area contributed by atoms with Crippen LogP contribution in [0.2, 0.25) is 0 Å². The lowest BCUT2D eigenvalue weighted by molar-refractivity contribution is -0.137. The molecule has 0 heterocycles. The molecule has 0 spiro atoms. The van der Waals surface area contributed by atoms with Gasteiger partial charge in [0.05, 0.1) is 0 Å². The highest BCUT2D eigenvalue weighted by Gasteiger charge is 2.08. The van der Waals surface area contributed by atoms with Gasteiger partial charge in [0.1, 0.15) is 0 Å². The van der Waals surface area contributed by atoms with Crippen LogP contribution in [0.4, 0.5) is 14.5 Å². The summed E-state index contributed by atoms with van der Waals surface area (Å²) in [6.45, 7) is 0.577. The maximum atomic E-state index is 12.3. The summed E-state index contributed by atoms with van der Waals surface area (Å²) in [6, 6.07) is 6.85. The van der Waals surface area contributed by atoms with E-state index in [9.17, 15) is 13.6 Å². The molecule has 2 N–H and O–H groups in total. The van der Waals surface area contributed by atoms with Crippen LogP contribution in [-0.4, -0.2) is 23.4 Å². The summed E-state index contributed by atoms with van der Waals surface area (Å²) >= 11 is 0.504. The van der Waals surface area contributed by atoms with Crippen LogP contribution >= 0.6 is 11.8 Å². The van der Waals surface area contributed by atoms with Crippen LogP contribution in [-0.2, 0) is 4.79 Å². The highest BCUT2D eigenvalue weighted by Crippen LogP contribution is 2.31. The third-order valence-electron chi connectivity index (χ3n) is 2.24. The van der Waals surface area contributed by atoms with Gasteiger partial charge in [-0.25, -0.2) is 0 Å². The number of hydrogen-bond donors (Lipinski definition) is 2. The van der Waals surface area contributed by atoms with Crippen molar-refractivity contribution in [3.8, 4) is 0 Å². The molecule has 0 aliphatic rings. The number of nitrogens with one attached hydrogen (secondary N) is 1. The normalized spacial score (nSPS) is 10.6. The van der Waals surface area contributed by atoms with Crippen molar-refractivity contribution in [2.24, 2.45) is 0 Å². The van der Waals surface area contributed by atoms with Crippen LogP contribution in [0.3, 0.4) is 0 Å². The summed E-state index contributed by atoms with van der Waals surface area (Å²) in [5.74, 6) is -3.26. The monoisotopic (exact) mass is 275 g/mol. The minimum atomic E-state index is -2.44. The number of anilines is 1. The van der Waals surface area contributed by atoms with E-state index in [-0.39, 0.29) is 6.42 Å². The summed E-state index contributed by atoms with van der Waals surface area (Å²) in [7, 11) is 0. The van der Waals surface area contributed by atoms with Gasteiger partial charge in [-0.2, -0.15) is 8.78 Å². The largest absolute Gasteiger partial charge is 0.481 e. The van der Waals surface area contributed by atoms with Crippen molar-refractivity contribution in [3.05, 3.63) is 24.3 Å². The number of rotatable bonds is 8. The Bertz CT molecular complexity index is 388. The molecule has 0 saturated carbocycles. The number of carboxylic acid groups (broad SMARTS) is 1. The number of carbonyl (C=O) groups is 1. The molecular weight excluding hydrogens is 260 g/mol. The third-order valence-corrected chi connectivity index (χ3v) is 3.02. The van der Waals surface area contributed by atoms with E-state index in [4.69, 9.17) is 5.11 Å². The molecule has 3 nitrogen and oxygen atoms in total. The number of aliphatic carboxylic acids is 1. The van der Waals surface area contributed by atoms with Gasteiger partial charge in [0.2, 0.25) is 0 Å². The van der Waals surface area contributed by atoms with Crippen molar-refractivity contribution < 1.29 is 18.7 Å². The third kappa shape index (κ3) is 5.86. The number of carboxylic acids is 1. The SMILES string of the molecule is O=C(O)CCCCNc1ccccc1SC(F)F. The van der Waals surface area contributed by atoms with E-state index in [0.717, 1.165) is 0 Å². The molecule has 0 atom stereocenters. The van der Waals surface area contributed by atoms with E-state index < -0.39 is 11.7 Å². The van der Waals surface area contributed by atoms with Crippen molar-refractivity contribution in [1.82, 2.24) is 0 Å². The Kier molecular flexibility index (Phi) is 6.49. The molecule has 0 unspecified atom stereocenters. The first-order valence-corrected chi connectivity index (χ1v) is 6.47. The van der Waals surface area contributed by atoms with E-state index in [1.54, 1.807) is 24.3 Å². The number of alkyl halides is 2. The standard InChI is InChI=1S/C12H15F2NO2S/c13-12(14)18-10-6-2-1-5-9(10)15-8-4-3-7-11(16)17/h1-2,5-6,12,15H,3-4,7-8H2,(H,16,17). The van der Waals surface area contributed by atoms with Crippen LogP contribution in [0.15, 0.2) is 29.2 Å². The maximum Gasteiger partial charge on any atom is 0.303 e. The fourth-order valence-corrected chi connectivity index (χ4v) is 2.05. The predicted octanol–water partition coefficient (Wildman–Crippen LogP) is 3.67. The Labute approximate surface area is 109 Å². The van der Waals surface area contributed by atoms with Gasteiger partial charge in [-0.3, -0.25) is 4.79 Å². The average Bonchev–Trinajstić information content (AvgIpc) is 2.29. The van der Waals surface area contributed by atoms with Crippen LogP contribution in [0, 0.1) is 0 Å². The van der Waals surface area contributed by atoms with Crippen molar-refractivity contribution in [2.45, 2.75) is 29.9 Å². The van der Waals surface area contributed by atoms with Crippen LogP contribution in [0.1, 0.15) is 19.3 Å². The van der Waals surface area contributed by atoms with Crippen LogP contribution in [0.25, 0.3) is 0 Å². The topological polar surface area (TPSA) is 49.3 Å². The molecule has 0 bridgehead atoms. The fourth-order valence-electron chi connectivity index (χ4n) is 1.44. The second-order valence-corrected chi connectivity index (χ2v) is 4.68. The Morgan fingerprint density at radius 1 is 1.33 bits per heavy atom. The van der Waals surface area contributed by atoms with Crippen LogP contribution < -0.4 is 5.32 Å². The van der Waals surface area contributed by atoms with E-state index in [2.05, 4.69) is 5.32 Å². The highest BCUT2D eigenvalue weighted by molar-refractivity contribution is 7.99. The molecule has 0 amide bonds. The lowest BCUT2D eigenvalue weighted by atomic mass is 10.2. The molecule has 0 aromatic heterocycles. The quantitative estimate of drug-likeness (QED) is 0.561. The molecule has 6 heteroatoms. The minimum Gasteiger partial charge on any atom is -0.481 e. The Balaban J connectivity index is 2.39. The van der Waals surface area contributed by atoms with Gasteiger partial charge in [0.25, 0.3) is 5.76 Å². The van der Waals surface area contributed by atoms with E-state index >= 15 is 0 Å². The first-order valence-electron chi connectivity index (χ1n) is 5.59. The number of para-hydroxylation sites is 1. The molecule has 1 aromatic carbocycles. The van der Waals surface area contributed by atoms with Crippen molar-refractivity contribution in [3.63, 3.8) is 0 Å². The average molecular weight is 275 g/mol. The van der Waals surface area contributed by atoms with Gasteiger partial charge in [0, 0.05) is 23.5 Å². The number of thioether (sulfide) groups is 1. The molecule has 1 rings (SSSR count). The lowest BCUT2D eigenvalue weighted by Gasteiger charge is -2.10. The molecular formula is C12H15F2NO2S. The Morgan fingerprint density at radius 2 is 2.06 bits per heavy atom. The molecule has 0 aliphatic carbocycles. The molecule has 0 fully saturated rings. The first kappa shape index (κ1) is 14.8. The van der Waals surface area contributed by atoms with Gasteiger partial charge in [-0.05, 0) is 25.0 Å². The zero-order valence-electron chi connectivity index (χ0n) is 9.73. The molecule has 18 heavy (non-hydrogen) atoms. The second-order valence-electron chi connectivity index (χ2n) is 3.65. The highest BCUT2D eigenvalue weighted by atomic mass is 32.2. The summed E-state index contributed by atoms with van der Waals surface area (Å²) in [6.07, 6.45) is 1.40. The Morgan fingerprint density at radius 3 is 2.72 bits per heavy atom. The first-order chi connectivity index (χ1) is 8.59. The minimum absolute atomic E-state index is 0.134. The summed E-state index contributed by atoms with van der Waals surface area (Å²) < 4.78 is 24.6.